The number of rotatable bonds is 3. The summed E-state index contributed by atoms with van der Waals surface area (Å²) < 4.78 is 28.8. The van der Waals surface area contributed by atoms with Crippen molar-refractivity contribution in [3.05, 3.63) is 29.8 Å². The van der Waals surface area contributed by atoms with Gasteiger partial charge in [0.1, 0.15) is 5.75 Å². The Morgan fingerprint density at radius 1 is 1.26 bits per heavy atom. The molecule has 1 heterocycles. The summed E-state index contributed by atoms with van der Waals surface area (Å²) >= 11 is 0. The van der Waals surface area contributed by atoms with Crippen LogP contribution >= 0.6 is 0 Å². The molecule has 1 fully saturated rings. The second-order valence-corrected chi connectivity index (χ2v) is 5.28. The molecule has 1 aliphatic heterocycles. The Kier molecular flexibility index (Phi) is 5.49. The summed E-state index contributed by atoms with van der Waals surface area (Å²) in [6.07, 6.45) is -0.856. The Bertz CT molecular complexity index is 582. The van der Waals surface area contributed by atoms with Crippen molar-refractivity contribution in [2.24, 2.45) is 0 Å². The zero-order valence-electron chi connectivity index (χ0n) is 12.6. The smallest absolute Gasteiger partial charge is 0.387 e. The molecule has 1 aromatic carbocycles. The SMILES string of the molecule is CC(=O)N1CCN(C(=O)c2cccc(OC(F)F)c2)CC(O)C1. The summed E-state index contributed by atoms with van der Waals surface area (Å²) in [7, 11) is 0. The molecule has 2 rings (SSSR count). The predicted octanol–water partition coefficient (Wildman–Crippen LogP) is 0.953. The van der Waals surface area contributed by atoms with Crippen molar-refractivity contribution in [1.82, 2.24) is 9.80 Å². The molecule has 0 saturated carbocycles. The van der Waals surface area contributed by atoms with Gasteiger partial charge < -0.3 is 19.6 Å². The van der Waals surface area contributed by atoms with E-state index < -0.39 is 18.6 Å². The third-order valence-electron chi connectivity index (χ3n) is 3.54. The maximum absolute atomic E-state index is 12.5. The lowest BCUT2D eigenvalue weighted by molar-refractivity contribution is -0.129. The highest BCUT2D eigenvalue weighted by Crippen LogP contribution is 2.18. The van der Waals surface area contributed by atoms with E-state index in [4.69, 9.17) is 0 Å². The average Bonchev–Trinajstić information content (AvgIpc) is 2.68. The molecule has 0 bridgehead atoms. The van der Waals surface area contributed by atoms with Gasteiger partial charge in [0.2, 0.25) is 5.91 Å². The van der Waals surface area contributed by atoms with Gasteiger partial charge in [-0.3, -0.25) is 9.59 Å². The number of carbonyl (C=O) groups is 2. The third-order valence-corrected chi connectivity index (χ3v) is 3.54. The molecule has 0 aromatic heterocycles. The maximum atomic E-state index is 12.5. The standard InChI is InChI=1S/C15H18F2N2O4/c1-10(20)18-5-6-19(9-12(21)8-18)14(22)11-3-2-4-13(7-11)23-15(16)17/h2-4,7,12,15,21H,5-6,8-9H2,1H3. The molecule has 1 atom stereocenters. The molecule has 126 valence electrons. The summed E-state index contributed by atoms with van der Waals surface area (Å²) in [6, 6.07) is 5.49. The van der Waals surface area contributed by atoms with Gasteiger partial charge in [0.25, 0.3) is 5.91 Å². The number of benzene rings is 1. The molecule has 0 aliphatic carbocycles. The molecule has 0 radical (unpaired) electrons. The predicted molar refractivity (Wildman–Crippen MR) is 77.2 cm³/mol. The molecule has 1 aromatic rings. The van der Waals surface area contributed by atoms with Crippen molar-refractivity contribution in [1.29, 1.82) is 0 Å². The summed E-state index contributed by atoms with van der Waals surface area (Å²) in [5.74, 6) is -0.688. The van der Waals surface area contributed by atoms with Gasteiger partial charge in [-0.2, -0.15) is 8.78 Å². The van der Waals surface area contributed by atoms with Crippen LogP contribution in [0.25, 0.3) is 0 Å². The first kappa shape index (κ1) is 17.1. The van der Waals surface area contributed by atoms with Crippen LogP contribution in [0.5, 0.6) is 5.75 Å². The van der Waals surface area contributed by atoms with Crippen LogP contribution in [-0.2, 0) is 4.79 Å². The zero-order chi connectivity index (χ0) is 17.0. The van der Waals surface area contributed by atoms with Gasteiger partial charge in [-0.15, -0.1) is 0 Å². The lowest BCUT2D eigenvalue weighted by Crippen LogP contribution is -2.37. The zero-order valence-corrected chi connectivity index (χ0v) is 12.6. The van der Waals surface area contributed by atoms with Crippen molar-refractivity contribution >= 4 is 11.8 Å². The minimum Gasteiger partial charge on any atom is -0.435 e. The topological polar surface area (TPSA) is 70.1 Å². The molecule has 1 unspecified atom stereocenters. The first-order chi connectivity index (χ1) is 10.9. The van der Waals surface area contributed by atoms with Crippen LogP contribution in [0.1, 0.15) is 17.3 Å². The number of aliphatic hydroxyl groups is 1. The van der Waals surface area contributed by atoms with Gasteiger partial charge in [0.15, 0.2) is 0 Å². The lowest BCUT2D eigenvalue weighted by Gasteiger charge is -2.22. The monoisotopic (exact) mass is 328 g/mol. The van der Waals surface area contributed by atoms with Crippen LogP contribution in [0, 0.1) is 0 Å². The highest BCUT2D eigenvalue weighted by molar-refractivity contribution is 5.94. The van der Waals surface area contributed by atoms with E-state index in [0.717, 1.165) is 0 Å². The number of halogens is 2. The van der Waals surface area contributed by atoms with E-state index in [0.29, 0.717) is 6.54 Å². The quantitative estimate of drug-likeness (QED) is 0.897. The number of β-amino-alcohol motifs (C(OH)–C–C–N with tert-alkyl or cyclic N) is 1. The summed E-state index contributed by atoms with van der Waals surface area (Å²) in [5, 5.41) is 9.94. The fourth-order valence-corrected chi connectivity index (χ4v) is 2.45. The molecule has 8 heteroatoms. The number of hydrogen-bond acceptors (Lipinski definition) is 4. The van der Waals surface area contributed by atoms with E-state index in [-0.39, 0.29) is 36.9 Å². The first-order valence-corrected chi connectivity index (χ1v) is 7.14. The number of aliphatic hydroxyl groups excluding tert-OH is 1. The summed E-state index contributed by atoms with van der Waals surface area (Å²) in [6.45, 7) is -0.767. The molecule has 6 nitrogen and oxygen atoms in total. The summed E-state index contributed by atoms with van der Waals surface area (Å²) in [4.78, 5) is 26.8. The average molecular weight is 328 g/mol. The van der Waals surface area contributed by atoms with Gasteiger partial charge in [-0.1, -0.05) is 6.07 Å². The Balaban J connectivity index is 2.11. The molecule has 2 amide bonds. The van der Waals surface area contributed by atoms with Crippen LogP contribution < -0.4 is 4.74 Å². The Labute approximate surface area is 132 Å². The number of alkyl halides is 2. The highest BCUT2D eigenvalue weighted by atomic mass is 19.3. The van der Waals surface area contributed by atoms with Crippen LogP contribution in [0.4, 0.5) is 8.78 Å². The van der Waals surface area contributed by atoms with Crippen LogP contribution in [-0.4, -0.2) is 65.6 Å². The maximum Gasteiger partial charge on any atom is 0.387 e. The number of amides is 2. The second-order valence-electron chi connectivity index (χ2n) is 5.28. The van der Waals surface area contributed by atoms with Crippen LogP contribution in [0.2, 0.25) is 0 Å². The minimum absolute atomic E-state index is 0.0720. The molecule has 23 heavy (non-hydrogen) atoms. The molecule has 1 saturated heterocycles. The fraction of sp³-hybridized carbons (Fsp3) is 0.467. The van der Waals surface area contributed by atoms with Gasteiger partial charge >= 0.3 is 6.61 Å². The van der Waals surface area contributed by atoms with E-state index in [1.807, 2.05) is 0 Å². The van der Waals surface area contributed by atoms with Crippen molar-refractivity contribution in [3.8, 4) is 5.75 Å². The number of hydrogen-bond donors (Lipinski definition) is 1. The van der Waals surface area contributed by atoms with E-state index in [9.17, 15) is 23.5 Å². The van der Waals surface area contributed by atoms with E-state index in [1.165, 1.54) is 41.0 Å². The Morgan fingerprint density at radius 3 is 2.57 bits per heavy atom. The van der Waals surface area contributed by atoms with E-state index >= 15 is 0 Å². The van der Waals surface area contributed by atoms with Crippen molar-refractivity contribution in [2.45, 2.75) is 19.6 Å². The van der Waals surface area contributed by atoms with Crippen molar-refractivity contribution in [3.63, 3.8) is 0 Å². The number of nitrogens with zero attached hydrogens (tertiary/aromatic N) is 2. The number of ether oxygens (including phenoxy) is 1. The molecule has 0 spiro atoms. The molecule has 1 aliphatic rings. The van der Waals surface area contributed by atoms with Gasteiger partial charge in [-0.05, 0) is 18.2 Å². The molecular weight excluding hydrogens is 310 g/mol. The molecule has 1 N–H and O–H groups in total. The lowest BCUT2D eigenvalue weighted by atomic mass is 10.2. The minimum atomic E-state index is -2.97. The third kappa shape index (κ3) is 4.62. The van der Waals surface area contributed by atoms with Gasteiger partial charge in [-0.25, -0.2) is 0 Å². The van der Waals surface area contributed by atoms with E-state index in [2.05, 4.69) is 4.74 Å². The van der Waals surface area contributed by atoms with E-state index in [1.54, 1.807) is 0 Å². The number of carbonyl (C=O) groups excluding carboxylic acids is 2. The fourth-order valence-electron chi connectivity index (χ4n) is 2.45. The largest absolute Gasteiger partial charge is 0.435 e. The highest BCUT2D eigenvalue weighted by Gasteiger charge is 2.26. The normalized spacial score (nSPS) is 18.7. The van der Waals surface area contributed by atoms with Gasteiger partial charge in [0.05, 0.1) is 6.10 Å². The first-order valence-electron chi connectivity index (χ1n) is 7.14. The van der Waals surface area contributed by atoms with Gasteiger partial charge in [0, 0.05) is 38.7 Å². The van der Waals surface area contributed by atoms with Crippen LogP contribution in [0.15, 0.2) is 24.3 Å². The van der Waals surface area contributed by atoms with Crippen molar-refractivity contribution < 1.29 is 28.2 Å². The second kappa shape index (κ2) is 7.36. The Hall–Kier alpha value is -2.22. The van der Waals surface area contributed by atoms with Crippen LogP contribution in [0.3, 0.4) is 0 Å². The summed E-state index contributed by atoms with van der Waals surface area (Å²) in [5.41, 5.74) is 0.187. The Morgan fingerprint density at radius 2 is 1.91 bits per heavy atom. The van der Waals surface area contributed by atoms with Crippen molar-refractivity contribution in [2.75, 3.05) is 26.2 Å². The molecular formula is C15H18F2N2O4.